The first kappa shape index (κ1) is 13.0. The van der Waals surface area contributed by atoms with Gasteiger partial charge in [0.25, 0.3) is 0 Å². The van der Waals surface area contributed by atoms with E-state index in [-0.39, 0.29) is 0 Å². The number of anilines is 1. The van der Waals surface area contributed by atoms with Crippen LogP contribution in [0.15, 0.2) is 24.3 Å². The highest BCUT2D eigenvalue weighted by Gasteiger charge is 2.05. The summed E-state index contributed by atoms with van der Waals surface area (Å²) in [6.07, 6.45) is 0. The Balaban J connectivity index is 2.31. The lowest BCUT2D eigenvalue weighted by Crippen LogP contribution is -2.38. The molecule has 0 aromatic heterocycles. The number of hydrogen-bond acceptors (Lipinski definition) is 3. The zero-order valence-electron chi connectivity index (χ0n) is 10.4. The molecule has 0 fully saturated rings. The van der Waals surface area contributed by atoms with Crippen molar-refractivity contribution in [2.45, 2.75) is 13.0 Å². The van der Waals surface area contributed by atoms with Crippen LogP contribution in [0.1, 0.15) is 6.92 Å². The quantitative estimate of drug-likeness (QED) is 0.707. The third-order valence-electron chi connectivity index (χ3n) is 2.45. The average molecular weight is 221 g/mol. The van der Waals surface area contributed by atoms with Crippen molar-refractivity contribution in [1.29, 1.82) is 0 Å². The lowest BCUT2D eigenvalue weighted by atomic mass is 10.2. The minimum Gasteiger partial charge on any atom is -0.383 e. The number of rotatable bonds is 7. The number of benzene rings is 1. The summed E-state index contributed by atoms with van der Waals surface area (Å²) in [5, 5.41) is 3.40. The number of hydrogen-bond donors (Lipinski definition) is 1. The van der Waals surface area contributed by atoms with E-state index < -0.39 is 0 Å². The standard InChI is InChI=1S/C13H21N2O/c1-12(14-9-10-16-3)11-15(2)13-7-5-4-6-8-13/h4-7,12,14H,9-11H2,1-3H3. The zero-order chi connectivity index (χ0) is 11.8. The van der Waals surface area contributed by atoms with Gasteiger partial charge < -0.3 is 15.0 Å². The Hall–Kier alpha value is -1.06. The van der Waals surface area contributed by atoms with Crippen LogP contribution in [-0.2, 0) is 4.74 Å². The molecular weight excluding hydrogens is 200 g/mol. The lowest BCUT2D eigenvalue weighted by Gasteiger charge is -2.23. The summed E-state index contributed by atoms with van der Waals surface area (Å²) in [4.78, 5) is 2.20. The van der Waals surface area contributed by atoms with Crippen LogP contribution >= 0.6 is 0 Å². The molecule has 0 aliphatic rings. The third kappa shape index (κ3) is 4.64. The van der Waals surface area contributed by atoms with E-state index in [0.29, 0.717) is 6.04 Å². The highest BCUT2D eigenvalue weighted by molar-refractivity contribution is 5.43. The smallest absolute Gasteiger partial charge is 0.0587 e. The van der Waals surface area contributed by atoms with Gasteiger partial charge in [-0.1, -0.05) is 18.2 Å². The van der Waals surface area contributed by atoms with Crippen molar-refractivity contribution in [1.82, 2.24) is 5.32 Å². The molecule has 1 unspecified atom stereocenters. The predicted molar refractivity (Wildman–Crippen MR) is 67.9 cm³/mol. The summed E-state index contributed by atoms with van der Waals surface area (Å²) < 4.78 is 5.00. The number of ether oxygens (including phenoxy) is 1. The van der Waals surface area contributed by atoms with Gasteiger partial charge in [0, 0.05) is 45.0 Å². The zero-order valence-corrected chi connectivity index (χ0v) is 10.4. The van der Waals surface area contributed by atoms with Gasteiger partial charge in [-0.15, -0.1) is 0 Å². The molecule has 0 amide bonds. The molecular formula is C13H21N2O. The van der Waals surface area contributed by atoms with E-state index in [4.69, 9.17) is 4.74 Å². The fourth-order valence-corrected chi connectivity index (χ4v) is 1.60. The van der Waals surface area contributed by atoms with Crippen LogP contribution in [0, 0.1) is 6.07 Å². The fourth-order valence-electron chi connectivity index (χ4n) is 1.60. The van der Waals surface area contributed by atoms with Crippen molar-refractivity contribution in [3.63, 3.8) is 0 Å². The van der Waals surface area contributed by atoms with Crippen molar-refractivity contribution in [2.24, 2.45) is 0 Å². The Labute approximate surface area is 98.4 Å². The molecule has 1 radical (unpaired) electrons. The summed E-state index contributed by atoms with van der Waals surface area (Å²) >= 11 is 0. The number of nitrogens with zero attached hydrogens (tertiary/aromatic N) is 1. The van der Waals surface area contributed by atoms with Crippen molar-refractivity contribution in [3.8, 4) is 0 Å². The Morgan fingerprint density at radius 1 is 1.50 bits per heavy atom. The molecule has 0 aliphatic carbocycles. The van der Waals surface area contributed by atoms with Crippen LogP contribution in [0.2, 0.25) is 0 Å². The Bertz CT molecular complexity index is 277. The van der Waals surface area contributed by atoms with Gasteiger partial charge in [-0.25, -0.2) is 0 Å². The Morgan fingerprint density at radius 3 is 2.94 bits per heavy atom. The van der Waals surface area contributed by atoms with Crippen LogP contribution in [0.25, 0.3) is 0 Å². The van der Waals surface area contributed by atoms with Gasteiger partial charge in [0.05, 0.1) is 6.61 Å². The molecule has 1 aromatic rings. The van der Waals surface area contributed by atoms with E-state index in [0.717, 1.165) is 25.4 Å². The summed E-state index contributed by atoms with van der Waals surface area (Å²) in [7, 11) is 3.80. The number of likely N-dealkylation sites (N-methyl/N-ethyl adjacent to an activating group) is 1. The number of methoxy groups -OCH3 is 1. The first-order chi connectivity index (χ1) is 7.74. The van der Waals surface area contributed by atoms with Gasteiger partial charge in [0.15, 0.2) is 0 Å². The molecule has 1 aromatic carbocycles. The minimum atomic E-state index is 0.439. The maximum atomic E-state index is 5.00. The maximum absolute atomic E-state index is 5.00. The summed E-state index contributed by atoms with van der Waals surface area (Å²) in [6.45, 7) is 4.79. The van der Waals surface area contributed by atoms with Crippen LogP contribution in [0.5, 0.6) is 0 Å². The summed E-state index contributed by atoms with van der Waals surface area (Å²) in [6, 6.07) is 11.7. The number of nitrogens with one attached hydrogen (secondary N) is 1. The van der Waals surface area contributed by atoms with Gasteiger partial charge >= 0.3 is 0 Å². The highest BCUT2D eigenvalue weighted by Crippen LogP contribution is 2.09. The van der Waals surface area contributed by atoms with E-state index in [9.17, 15) is 0 Å². The Kier molecular flexibility index (Phi) is 5.90. The maximum Gasteiger partial charge on any atom is 0.0587 e. The van der Waals surface area contributed by atoms with E-state index in [1.807, 2.05) is 18.2 Å². The fraction of sp³-hybridized carbons (Fsp3) is 0.538. The SMILES string of the molecule is COCCNC(C)CN(C)c1[c]cccc1. The molecule has 1 rings (SSSR count). The summed E-state index contributed by atoms with van der Waals surface area (Å²) in [5.41, 5.74) is 1.13. The predicted octanol–water partition coefficient (Wildman–Crippen LogP) is 1.55. The van der Waals surface area contributed by atoms with Gasteiger partial charge in [0.1, 0.15) is 0 Å². The summed E-state index contributed by atoms with van der Waals surface area (Å²) in [5.74, 6) is 0. The van der Waals surface area contributed by atoms with Crippen LogP contribution in [-0.4, -0.2) is 39.9 Å². The van der Waals surface area contributed by atoms with E-state index in [1.54, 1.807) is 7.11 Å². The molecule has 3 nitrogen and oxygen atoms in total. The van der Waals surface area contributed by atoms with Crippen molar-refractivity contribution >= 4 is 5.69 Å². The molecule has 0 saturated heterocycles. The number of para-hydroxylation sites is 1. The molecule has 0 saturated carbocycles. The lowest BCUT2D eigenvalue weighted by molar-refractivity contribution is 0.196. The van der Waals surface area contributed by atoms with Gasteiger partial charge in [0.2, 0.25) is 0 Å². The van der Waals surface area contributed by atoms with Crippen molar-refractivity contribution in [2.75, 3.05) is 38.8 Å². The minimum absolute atomic E-state index is 0.439. The molecule has 0 heterocycles. The van der Waals surface area contributed by atoms with Crippen molar-refractivity contribution in [3.05, 3.63) is 30.3 Å². The third-order valence-corrected chi connectivity index (χ3v) is 2.45. The molecule has 3 heteroatoms. The molecule has 0 aliphatic heterocycles. The van der Waals surface area contributed by atoms with Crippen LogP contribution in [0.4, 0.5) is 5.69 Å². The second-order valence-electron chi connectivity index (χ2n) is 3.98. The van der Waals surface area contributed by atoms with Crippen molar-refractivity contribution < 1.29 is 4.74 Å². The Morgan fingerprint density at radius 2 is 2.31 bits per heavy atom. The van der Waals surface area contributed by atoms with Gasteiger partial charge in [-0.3, -0.25) is 0 Å². The monoisotopic (exact) mass is 221 g/mol. The highest BCUT2D eigenvalue weighted by atomic mass is 16.5. The van der Waals surface area contributed by atoms with Gasteiger partial charge in [-0.05, 0) is 13.0 Å². The first-order valence-corrected chi connectivity index (χ1v) is 5.64. The molecule has 89 valence electrons. The molecule has 16 heavy (non-hydrogen) atoms. The first-order valence-electron chi connectivity index (χ1n) is 5.64. The second kappa shape index (κ2) is 7.25. The largest absolute Gasteiger partial charge is 0.383 e. The van der Waals surface area contributed by atoms with E-state index in [1.165, 1.54) is 0 Å². The normalized spacial score (nSPS) is 12.4. The second-order valence-corrected chi connectivity index (χ2v) is 3.98. The van der Waals surface area contributed by atoms with Gasteiger partial charge in [-0.2, -0.15) is 0 Å². The van der Waals surface area contributed by atoms with Crippen LogP contribution in [0.3, 0.4) is 0 Å². The molecule has 0 bridgehead atoms. The average Bonchev–Trinajstić information content (AvgIpc) is 2.30. The van der Waals surface area contributed by atoms with Crippen LogP contribution < -0.4 is 10.2 Å². The topological polar surface area (TPSA) is 24.5 Å². The molecule has 0 spiro atoms. The van der Waals surface area contributed by atoms with E-state index >= 15 is 0 Å². The van der Waals surface area contributed by atoms with E-state index in [2.05, 4.69) is 36.3 Å². The molecule has 1 N–H and O–H groups in total. The molecule has 1 atom stereocenters.